The zero-order chi connectivity index (χ0) is 21.1. The molecule has 0 aliphatic carbocycles. The Morgan fingerprint density at radius 3 is 2.59 bits per heavy atom. The molecule has 29 heavy (non-hydrogen) atoms. The molecular weight excluding hydrogens is 399 g/mol. The van der Waals surface area contributed by atoms with Crippen molar-refractivity contribution in [2.24, 2.45) is 0 Å². The zero-order valence-electron chi connectivity index (χ0n) is 15.9. The minimum Gasteiger partial charge on any atom is -0.448 e. The number of hydrogen-bond acceptors (Lipinski definition) is 5. The molecule has 7 nitrogen and oxygen atoms in total. The Morgan fingerprint density at radius 2 is 1.93 bits per heavy atom. The minimum absolute atomic E-state index is 0.0110. The van der Waals surface area contributed by atoms with Crippen LogP contribution in [-0.4, -0.2) is 32.7 Å². The lowest BCUT2D eigenvalue weighted by molar-refractivity contribution is -0.123. The summed E-state index contributed by atoms with van der Waals surface area (Å²) in [5, 5.41) is 6.76. The van der Waals surface area contributed by atoms with E-state index in [4.69, 9.17) is 16.3 Å². The van der Waals surface area contributed by atoms with Gasteiger partial charge in [0.1, 0.15) is 5.82 Å². The van der Waals surface area contributed by atoms with Crippen molar-refractivity contribution in [3.8, 4) is 5.82 Å². The maximum atomic E-state index is 13.7. The second-order valence-corrected chi connectivity index (χ2v) is 6.76. The number of aryl methyl sites for hydroxylation is 2. The molecule has 3 aromatic rings. The van der Waals surface area contributed by atoms with Crippen LogP contribution in [0.3, 0.4) is 0 Å². The number of esters is 1. The molecule has 0 fully saturated rings. The second kappa shape index (κ2) is 8.40. The van der Waals surface area contributed by atoms with Crippen LogP contribution in [-0.2, 0) is 9.53 Å². The standard InChI is InChI=1S/C20H18ClFN4O3/c1-11-10-12(2)26(25-11)17-9-8-14(21)18(24-17)20(28)29-13(3)19(27)23-16-7-5-4-6-15(16)22/h4-10,13H,1-3H3,(H,23,27). The number of ether oxygens (including phenoxy) is 1. The van der Waals surface area contributed by atoms with Gasteiger partial charge in [-0.05, 0) is 51.1 Å². The lowest BCUT2D eigenvalue weighted by Gasteiger charge is -2.14. The van der Waals surface area contributed by atoms with Gasteiger partial charge in [-0.1, -0.05) is 23.7 Å². The molecule has 1 aromatic carbocycles. The number of pyridine rings is 1. The molecule has 0 saturated carbocycles. The third-order valence-corrected chi connectivity index (χ3v) is 4.34. The van der Waals surface area contributed by atoms with Crippen LogP contribution in [0.2, 0.25) is 5.02 Å². The predicted octanol–water partition coefficient (Wildman–Crippen LogP) is 3.86. The Balaban J connectivity index is 1.76. The first-order valence-electron chi connectivity index (χ1n) is 8.73. The van der Waals surface area contributed by atoms with Gasteiger partial charge >= 0.3 is 5.97 Å². The molecule has 0 aliphatic rings. The van der Waals surface area contributed by atoms with E-state index >= 15 is 0 Å². The van der Waals surface area contributed by atoms with Crippen molar-refractivity contribution in [1.82, 2.24) is 14.8 Å². The van der Waals surface area contributed by atoms with E-state index < -0.39 is 23.8 Å². The number of hydrogen-bond donors (Lipinski definition) is 1. The number of carbonyl (C=O) groups is 2. The number of nitrogens with one attached hydrogen (secondary N) is 1. The van der Waals surface area contributed by atoms with Gasteiger partial charge in [0, 0.05) is 5.69 Å². The quantitative estimate of drug-likeness (QED) is 0.638. The van der Waals surface area contributed by atoms with Crippen LogP contribution < -0.4 is 5.32 Å². The smallest absolute Gasteiger partial charge is 0.359 e. The maximum Gasteiger partial charge on any atom is 0.359 e. The van der Waals surface area contributed by atoms with Crippen LogP contribution in [0.15, 0.2) is 42.5 Å². The highest BCUT2D eigenvalue weighted by atomic mass is 35.5. The molecule has 0 radical (unpaired) electrons. The molecule has 0 spiro atoms. The average Bonchev–Trinajstić information content (AvgIpc) is 3.02. The summed E-state index contributed by atoms with van der Waals surface area (Å²) in [6, 6.07) is 10.7. The molecule has 0 bridgehead atoms. The van der Waals surface area contributed by atoms with Gasteiger partial charge in [-0.3, -0.25) is 4.79 Å². The number of anilines is 1. The van der Waals surface area contributed by atoms with Crippen molar-refractivity contribution >= 4 is 29.2 Å². The van der Waals surface area contributed by atoms with Crippen LogP contribution >= 0.6 is 11.6 Å². The third-order valence-electron chi connectivity index (χ3n) is 4.04. The molecular formula is C20H18ClFN4O3. The van der Waals surface area contributed by atoms with Crippen LogP contribution in [0.1, 0.15) is 28.8 Å². The lowest BCUT2D eigenvalue weighted by Crippen LogP contribution is -2.30. The highest BCUT2D eigenvalue weighted by Crippen LogP contribution is 2.19. The van der Waals surface area contributed by atoms with Gasteiger partial charge in [-0.15, -0.1) is 0 Å². The average molecular weight is 417 g/mol. The van der Waals surface area contributed by atoms with Crippen molar-refractivity contribution in [3.63, 3.8) is 0 Å². The molecule has 0 saturated heterocycles. The number of aromatic nitrogens is 3. The van der Waals surface area contributed by atoms with Crippen molar-refractivity contribution < 1.29 is 18.7 Å². The van der Waals surface area contributed by atoms with Gasteiger partial charge in [0.15, 0.2) is 17.6 Å². The van der Waals surface area contributed by atoms with Gasteiger partial charge in [0.05, 0.1) is 16.4 Å². The fraction of sp³-hybridized carbons (Fsp3) is 0.200. The zero-order valence-corrected chi connectivity index (χ0v) is 16.7. The van der Waals surface area contributed by atoms with E-state index in [1.165, 1.54) is 31.2 Å². The van der Waals surface area contributed by atoms with Crippen LogP contribution in [0.5, 0.6) is 0 Å². The topological polar surface area (TPSA) is 86.1 Å². The fourth-order valence-corrected chi connectivity index (χ4v) is 2.80. The first-order valence-corrected chi connectivity index (χ1v) is 9.10. The summed E-state index contributed by atoms with van der Waals surface area (Å²) in [5.41, 5.74) is 1.46. The number of rotatable bonds is 5. The largest absolute Gasteiger partial charge is 0.448 e. The number of halogens is 2. The molecule has 1 amide bonds. The summed E-state index contributed by atoms with van der Waals surface area (Å²) in [6.07, 6.45) is -1.20. The number of benzene rings is 1. The van der Waals surface area contributed by atoms with E-state index in [2.05, 4.69) is 15.4 Å². The van der Waals surface area contributed by atoms with Gasteiger partial charge in [0.2, 0.25) is 0 Å². The molecule has 9 heteroatoms. The van der Waals surface area contributed by atoms with Gasteiger partial charge in [0.25, 0.3) is 5.91 Å². The summed E-state index contributed by atoms with van der Waals surface area (Å²) in [7, 11) is 0. The van der Waals surface area contributed by atoms with Crippen LogP contribution in [0.25, 0.3) is 5.82 Å². The normalized spacial score (nSPS) is 11.8. The maximum absolute atomic E-state index is 13.7. The van der Waals surface area contributed by atoms with Crippen molar-refractivity contribution in [1.29, 1.82) is 0 Å². The highest BCUT2D eigenvalue weighted by Gasteiger charge is 2.23. The van der Waals surface area contributed by atoms with Gasteiger partial charge in [-0.2, -0.15) is 5.10 Å². The Bertz CT molecular complexity index is 1080. The van der Waals surface area contributed by atoms with Crippen molar-refractivity contribution in [2.45, 2.75) is 26.9 Å². The monoisotopic (exact) mass is 416 g/mol. The SMILES string of the molecule is Cc1cc(C)n(-c2ccc(Cl)c(C(=O)OC(C)C(=O)Nc3ccccc3F)n2)n1. The first kappa shape index (κ1) is 20.5. The summed E-state index contributed by atoms with van der Waals surface area (Å²) < 4.78 is 20.4. The fourth-order valence-electron chi connectivity index (χ4n) is 2.62. The number of para-hydroxylation sites is 1. The molecule has 1 unspecified atom stereocenters. The van der Waals surface area contributed by atoms with E-state index in [0.717, 1.165) is 11.4 Å². The van der Waals surface area contributed by atoms with Crippen LogP contribution in [0.4, 0.5) is 10.1 Å². The molecule has 2 heterocycles. The molecule has 1 N–H and O–H groups in total. The summed E-state index contributed by atoms with van der Waals surface area (Å²) in [4.78, 5) is 29.0. The van der Waals surface area contributed by atoms with E-state index in [0.29, 0.717) is 5.82 Å². The molecule has 150 valence electrons. The number of nitrogens with zero attached hydrogens (tertiary/aromatic N) is 3. The molecule has 0 aliphatic heterocycles. The van der Waals surface area contributed by atoms with E-state index in [-0.39, 0.29) is 16.4 Å². The second-order valence-electron chi connectivity index (χ2n) is 6.36. The minimum atomic E-state index is -1.20. The Kier molecular flexibility index (Phi) is 5.93. The number of amides is 1. The van der Waals surface area contributed by atoms with E-state index in [9.17, 15) is 14.0 Å². The predicted molar refractivity (Wildman–Crippen MR) is 106 cm³/mol. The van der Waals surface area contributed by atoms with Gasteiger partial charge < -0.3 is 10.1 Å². The van der Waals surface area contributed by atoms with Gasteiger partial charge in [-0.25, -0.2) is 18.9 Å². The molecule has 2 aromatic heterocycles. The van der Waals surface area contributed by atoms with Crippen molar-refractivity contribution in [3.05, 3.63) is 70.4 Å². The first-order chi connectivity index (χ1) is 13.8. The third kappa shape index (κ3) is 4.60. The summed E-state index contributed by atoms with van der Waals surface area (Å²) in [5.74, 6) is -1.78. The summed E-state index contributed by atoms with van der Waals surface area (Å²) >= 11 is 6.09. The van der Waals surface area contributed by atoms with Crippen molar-refractivity contribution in [2.75, 3.05) is 5.32 Å². The Labute approximate surface area is 171 Å². The Hall–Kier alpha value is -3.26. The molecule has 1 atom stereocenters. The number of carbonyl (C=O) groups excluding carboxylic acids is 2. The lowest BCUT2D eigenvalue weighted by atomic mass is 10.3. The highest BCUT2D eigenvalue weighted by molar-refractivity contribution is 6.33. The van der Waals surface area contributed by atoms with E-state index in [1.54, 1.807) is 16.8 Å². The Morgan fingerprint density at radius 1 is 1.21 bits per heavy atom. The van der Waals surface area contributed by atoms with Crippen LogP contribution in [0, 0.1) is 19.7 Å². The van der Waals surface area contributed by atoms with E-state index in [1.807, 2.05) is 19.9 Å². The molecule has 3 rings (SSSR count). The summed E-state index contributed by atoms with van der Waals surface area (Å²) in [6.45, 7) is 5.06.